The molecular formula is C24H25N3O3. The van der Waals surface area contributed by atoms with E-state index in [1.54, 1.807) is 25.4 Å². The van der Waals surface area contributed by atoms with Crippen LogP contribution in [-0.4, -0.2) is 54.0 Å². The predicted molar refractivity (Wildman–Crippen MR) is 117 cm³/mol. The van der Waals surface area contributed by atoms with E-state index in [9.17, 15) is 9.59 Å². The summed E-state index contributed by atoms with van der Waals surface area (Å²) in [5.74, 6) is 0.574. The van der Waals surface area contributed by atoms with Crippen LogP contribution in [0.5, 0.6) is 5.75 Å². The number of aromatic nitrogens is 1. The van der Waals surface area contributed by atoms with E-state index in [0.29, 0.717) is 30.9 Å². The van der Waals surface area contributed by atoms with E-state index in [4.69, 9.17) is 4.74 Å². The Morgan fingerprint density at radius 2 is 1.67 bits per heavy atom. The first-order valence-corrected chi connectivity index (χ1v) is 10.1. The molecule has 0 saturated carbocycles. The van der Waals surface area contributed by atoms with Crippen molar-refractivity contribution in [3.8, 4) is 16.9 Å². The maximum Gasteiger partial charge on any atom is 0.257 e. The van der Waals surface area contributed by atoms with E-state index in [1.165, 1.54) is 0 Å². The van der Waals surface area contributed by atoms with Crippen molar-refractivity contribution in [1.29, 1.82) is 0 Å². The Morgan fingerprint density at radius 3 is 2.40 bits per heavy atom. The largest absolute Gasteiger partial charge is 0.496 e. The number of hydrogen-bond acceptors (Lipinski definition) is 4. The minimum atomic E-state index is -0.0674. The summed E-state index contributed by atoms with van der Waals surface area (Å²) in [5.41, 5.74) is 3.32. The maximum absolute atomic E-state index is 12.9. The van der Waals surface area contributed by atoms with E-state index in [0.717, 1.165) is 29.8 Å². The van der Waals surface area contributed by atoms with Crippen molar-refractivity contribution < 1.29 is 9.53 Å². The Balaban J connectivity index is 1.42. The van der Waals surface area contributed by atoms with Crippen molar-refractivity contribution in [3.05, 3.63) is 88.3 Å². The van der Waals surface area contributed by atoms with Crippen molar-refractivity contribution in [2.45, 2.75) is 6.54 Å². The minimum Gasteiger partial charge on any atom is -0.496 e. The van der Waals surface area contributed by atoms with Crippen LogP contribution in [0.4, 0.5) is 0 Å². The Kier molecular flexibility index (Phi) is 5.95. The Bertz CT molecular complexity index is 1070. The number of nitrogens with one attached hydrogen (secondary N) is 1. The predicted octanol–water partition coefficient (Wildman–Crippen LogP) is 3.01. The van der Waals surface area contributed by atoms with Gasteiger partial charge in [0.2, 0.25) is 0 Å². The number of pyridine rings is 1. The number of nitrogens with zero attached hydrogens (tertiary/aromatic N) is 2. The zero-order valence-corrected chi connectivity index (χ0v) is 17.0. The van der Waals surface area contributed by atoms with E-state index in [-0.39, 0.29) is 11.5 Å². The molecule has 6 nitrogen and oxygen atoms in total. The van der Waals surface area contributed by atoms with Crippen LogP contribution in [0.3, 0.4) is 0 Å². The van der Waals surface area contributed by atoms with E-state index in [2.05, 4.69) is 9.88 Å². The molecule has 1 N–H and O–H groups in total. The topological polar surface area (TPSA) is 65.6 Å². The average Bonchev–Trinajstić information content (AvgIpc) is 2.81. The number of amides is 1. The highest BCUT2D eigenvalue weighted by molar-refractivity contribution is 5.97. The first-order valence-electron chi connectivity index (χ1n) is 10.1. The van der Waals surface area contributed by atoms with Gasteiger partial charge in [0.25, 0.3) is 11.5 Å². The lowest BCUT2D eigenvalue weighted by atomic mass is 10.1. The lowest BCUT2D eigenvalue weighted by Gasteiger charge is -2.34. The van der Waals surface area contributed by atoms with Crippen LogP contribution in [0.25, 0.3) is 11.1 Å². The number of para-hydroxylation sites is 1. The molecule has 6 heteroatoms. The van der Waals surface area contributed by atoms with Crippen LogP contribution in [0.1, 0.15) is 15.9 Å². The Hall–Kier alpha value is -3.38. The highest BCUT2D eigenvalue weighted by Gasteiger charge is 2.24. The number of rotatable bonds is 5. The van der Waals surface area contributed by atoms with Gasteiger partial charge in [0.05, 0.1) is 12.7 Å². The third-order valence-electron chi connectivity index (χ3n) is 5.48. The summed E-state index contributed by atoms with van der Waals surface area (Å²) < 4.78 is 5.32. The van der Waals surface area contributed by atoms with Gasteiger partial charge >= 0.3 is 0 Å². The third-order valence-corrected chi connectivity index (χ3v) is 5.48. The zero-order valence-electron chi connectivity index (χ0n) is 17.0. The first-order chi connectivity index (χ1) is 14.7. The number of ether oxygens (including phenoxy) is 1. The molecular weight excluding hydrogens is 378 g/mol. The van der Waals surface area contributed by atoms with E-state index < -0.39 is 0 Å². The number of piperazine rings is 1. The smallest absolute Gasteiger partial charge is 0.257 e. The van der Waals surface area contributed by atoms with Crippen molar-refractivity contribution in [3.63, 3.8) is 0 Å². The molecule has 2 aromatic carbocycles. The molecule has 4 rings (SSSR count). The molecule has 0 atom stereocenters. The lowest BCUT2D eigenvalue weighted by Crippen LogP contribution is -2.48. The molecule has 154 valence electrons. The van der Waals surface area contributed by atoms with Crippen molar-refractivity contribution in [1.82, 2.24) is 14.8 Å². The summed E-state index contributed by atoms with van der Waals surface area (Å²) in [4.78, 5) is 32.1. The standard InChI is InChI=1S/C24H25N3O3/c1-30-22-10-6-5-9-21(22)24(29)27-13-11-26(12-14-27)17-20-15-19(16-25-23(20)28)18-7-3-2-4-8-18/h2-10,15-16H,11-14,17H2,1H3,(H,25,28). The summed E-state index contributed by atoms with van der Waals surface area (Å²) in [5, 5.41) is 0. The maximum atomic E-state index is 12.9. The van der Waals surface area contributed by atoms with Crippen LogP contribution in [-0.2, 0) is 6.54 Å². The van der Waals surface area contributed by atoms with Gasteiger partial charge in [0, 0.05) is 44.5 Å². The number of methoxy groups -OCH3 is 1. The fraction of sp³-hybridized carbons (Fsp3) is 0.250. The van der Waals surface area contributed by atoms with Gasteiger partial charge in [0.1, 0.15) is 5.75 Å². The molecule has 0 unspecified atom stereocenters. The van der Waals surface area contributed by atoms with Gasteiger partial charge in [-0.1, -0.05) is 42.5 Å². The molecule has 0 radical (unpaired) electrons. The molecule has 3 aromatic rings. The normalized spacial score (nSPS) is 14.5. The summed E-state index contributed by atoms with van der Waals surface area (Å²) in [7, 11) is 1.57. The molecule has 1 amide bonds. The zero-order chi connectivity index (χ0) is 20.9. The van der Waals surface area contributed by atoms with Gasteiger partial charge in [0.15, 0.2) is 0 Å². The van der Waals surface area contributed by atoms with Gasteiger partial charge in [-0.2, -0.15) is 0 Å². The van der Waals surface area contributed by atoms with Gasteiger partial charge in [-0.3, -0.25) is 14.5 Å². The summed E-state index contributed by atoms with van der Waals surface area (Å²) in [6.45, 7) is 3.23. The SMILES string of the molecule is COc1ccccc1C(=O)N1CCN(Cc2cc(-c3ccccc3)c[nH]c2=O)CC1. The summed E-state index contributed by atoms with van der Waals surface area (Å²) in [6.07, 6.45) is 1.75. The second-order valence-corrected chi connectivity index (χ2v) is 7.38. The number of aromatic amines is 1. The molecule has 1 aliphatic rings. The van der Waals surface area contributed by atoms with Gasteiger partial charge in [-0.15, -0.1) is 0 Å². The monoisotopic (exact) mass is 403 g/mol. The number of carbonyl (C=O) groups is 1. The third kappa shape index (κ3) is 4.28. The van der Waals surface area contributed by atoms with Crippen LogP contribution < -0.4 is 10.3 Å². The minimum absolute atomic E-state index is 0.0176. The highest BCUT2D eigenvalue weighted by atomic mass is 16.5. The highest BCUT2D eigenvalue weighted by Crippen LogP contribution is 2.21. The summed E-state index contributed by atoms with van der Waals surface area (Å²) in [6, 6.07) is 19.3. The average molecular weight is 403 g/mol. The summed E-state index contributed by atoms with van der Waals surface area (Å²) >= 11 is 0. The molecule has 2 heterocycles. The number of benzene rings is 2. The Morgan fingerprint density at radius 1 is 0.967 bits per heavy atom. The van der Waals surface area contributed by atoms with Crippen molar-refractivity contribution in [2.24, 2.45) is 0 Å². The van der Waals surface area contributed by atoms with E-state index in [1.807, 2.05) is 53.4 Å². The van der Waals surface area contributed by atoms with Crippen LogP contribution in [0.2, 0.25) is 0 Å². The van der Waals surface area contributed by atoms with Crippen molar-refractivity contribution in [2.75, 3.05) is 33.3 Å². The second-order valence-electron chi connectivity index (χ2n) is 7.38. The molecule has 0 spiro atoms. The fourth-order valence-corrected chi connectivity index (χ4v) is 3.79. The number of carbonyl (C=O) groups excluding carboxylic acids is 1. The first kappa shape index (κ1) is 19.9. The van der Waals surface area contributed by atoms with Crippen molar-refractivity contribution >= 4 is 5.91 Å². The van der Waals surface area contributed by atoms with Crippen LogP contribution >= 0.6 is 0 Å². The molecule has 1 fully saturated rings. The fourth-order valence-electron chi connectivity index (χ4n) is 3.79. The molecule has 0 aliphatic carbocycles. The van der Waals surface area contributed by atoms with Crippen LogP contribution in [0.15, 0.2) is 71.7 Å². The van der Waals surface area contributed by atoms with E-state index >= 15 is 0 Å². The van der Waals surface area contributed by atoms with Crippen LogP contribution in [0, 0.1) is 0 Å². The quantitative estimate of drug-likeness (QED) is 0.711. The lowest BCUT2D eigenvalue weighted by molar-refractivity contribution is 0.0625. The molecule has 1 aliphatic heterocycles. The number of hydrogen-bond donors (Lipinski definition) is 1. The van der Waals surface area contributed by atoms with Gasteiger partial charge < -0.3 is 14.6 Å². The second kappa shape index (κ2) is 8.97. The molecule has 1 saturated heterocycles. The Labute approximate surface area is 175 Å². The molecule has 30 heavy (non-hydrogen) atoms. The van der Waals surface area contributed by atoms with Gasteiger partial charge in [-0.05, 0) is 29.3 Å². The van der Waals surface area contributed by atoms with Gasteiger partial charge in [-0.25, -0.2) is 0 Å². The molecule has 0 bridgehead atoms. The number of H-pyrrole nitrogens is 1. The molecule has 1 aromatic heterocycles.